The molecule has 2 atom stereocenters. The molecule has 2 fully saturated rings. The summed E-state index contributed by atoms with van der Waals surface area (Å²) in [7, 11) is 2.01. The SMILES string of the molecule is CNCc1cnc(C)cc1N1CCC2CCCCC21. The van der Waals surface area contributed by atoms with E-state index in [2.05, 4.69) is 34.4 Å². The van der Waals surface area contributed by atoms with Gasteiger partial charge in [-0.05, 0) is 45.2 Å². The molecule has 1 saturated heterocycles. The Morgan fingerprint density at radius 1 is 1.32 bits per heavy atom. The van der Waals surface area contributed by atoms with Crippen molar-refractivity contribution in [2.24, 2.45) is 5.92 Å². The van der Waals surface area contributed by atoms with E-state index in [1.807, 2.05) is 7.05 Å². The molecular formula is C16H25N3. The van der Waals surface area contributed by atoms with E-state index in [0.717, 1.165) is 24.2 Å². The Bertz CT molecular complexity index is 444. The highest BCUT2D eigenvalue weighted by Crippen LogP contribution is 2.39. The number of rotatable bonds is 3. The summed E-state index contributed by atoms with van der Waals surface area (Å²) >= 11 is 0. The van der Waals surface area contributed by atoms with Gasteiger partial charge in [0, 0.05) is 42.3 Å². The first-order valence-corrected chi connectivity index (χ1v) is 7.66. The van der Waals surface area contributed by atoms with Crippen LogP contribution in [0.25, 0.3) is 0 Å². The van der Waals surface area contributed by atoms with E-state index in [9.17, 15) is 0 Å². The molecule has 1 saturated carbocycles. The first-order valence-electron chi connectivity index (χ1n) is 7.66. The summed E-state index contributed by atoms with van der Waals surface area (Å²) in [5.74, 6) is 0.935. The topological polar surface area (TPSA) is 28.2 Å². The molecule has 2 unspecified atom stereocenters. The number of hydrogen-bond donors (Lipinski definition) is 1. The summed E-state index contributed by atoms with van der Waals surface area (Å²) in [6, 6.07) is 3.06. The summed E-state index contributed by atoms with van der Waals surface area (Å²) in [6.45, 7) is 4.24. The van der Waals surface area contributed by atoms with E-state index >= 15 is 0 Å². The molecule has 1 N–H and O–H groups in total. The van der Waals surface area contributed by atoms with Crippen molar-refractivity contribution in [3.05, 3.63) is 23.5 Å². The minimum Gasteiger partial charge on any atom is -0.368 e. The van der Waals surface area contributed by atoms with Gasteiger partial charge in [0.05, 0.1) is 0 Å². The second-order valence-corrected chi connectivity index (χ2v) is 6.08. The smallest absolute Gasteiger partial charge is 0.0448 e. The Morgan fingerprint density at radius 3 is 3.00 bits per heavy atom. The van der Waals surface area contributed by atoms with Gasteiger partial charge in [-0.2, -0.15) is 0 Å². The number of fused-ring (bicyclic) bond motifs is 1. The van der Waals surface area contributed by atoms with Crippen LogP contribution in [0.3, 0.4) is 0 Å². The zero-order valence-corrected chi connectivity index (χ0v) is 12.2. The van der Waals surface area contributed by atoms with Gasteiger partial charge in [-0.25, -0.2) is 0 Å². The van der Waals surface area contributed by atoms with Crippen molar-refractivity contribution in [1.29, 1.82) is 0 Å². The Balaban J connectivity index is 1.90. The summed E-state index contributed by atoms with van der Waals surface area (Å²) in [5, 5.41) is 3.27. The van der Waals surface area contributed by atoms with Crippen molar-refractivity contribution in [2.75, 3.05) is 18.5 Å². The monoisotopic (exact) mass is 259 g/mol. The molecule has 0 bridgehead atoms. The number of hydrogen-bond acceptors (Lipinski definition) is 3. The highest BCUT2D eigenvalue weighted by molar-refractivity contribution is 5.55. The fourth-order valence-electron chi connectivity index (χ4n) is 3.87. The molecule has 2 heterocycles. The molecule has 0 amide bonds. The average Bonchev–Trinajstić information content (AvgIpc) is 2.85. The maximum atomic E-state index is 4.47. The molecule has 0 spiro atoms. The Kier molecular flexibility index (Phi) is 3.74. The lowest BCUT2D eigenvalue weighted by atomic mass is 9.85. The molecule has 1 aliphatic carbocycles. The molecule has 1 aromatic rings. The van der Waals surface area contributed by atoms with Crippen molar-refractivity contribution < 1.29 is 0 Å². The molecule has 104 valence electrons. The van der Waals surface area contributed by atoms with Crippen LogP contribution in [0.1, 0.15) is 43.4 Å². The third-order valence-electron chi connectivity index (χ3n) is 4.79. The number of nitrogens with zero attached hydrogens (tertiary/aromatic N) is 2. The zero-order valence-electron chi connectivity index (χ0n) is 12.2. The van der Waals surface area contributed by atoms with Crippen LogP contribution in [0.4, 0.5) is 5.69 Å². The number of nitrogens with one attached hydrogen (secondary N) is 1. The lowest BCUT2D eigenvalue weighted by molar-refractivity contribution is 0.342. The molecule has 2 aliphatic rings. The van der Waals surface area contributed by atoms with Gasteiger partial charge in [0.1, 0.15) is 0 Å². The summed E-state index contributed by atoms with van der Waals surface area (Å²) in [5.41, 5.74) is 3.91. The predicted octanol–water partition coefficient (Wildman–Crippen LogP) is 2.88. The van der Waals surface area contributed by atoms with Gasteiger partial charge in [-0.3, -0.25) is 4.98 Å². The lowest BCUT2D eigenvalue weighted by Gasteiger charge is -2.34. The van der Waals surface area contributed by atoms with Crippen molar-refractivity contribution in [3.8, 4) is 0 Å². The van der Waals surface area contributed by atoms with E-state index in [1.165, 1.54) is 49.9 Å². The number of pyridine rings is 1. The Hall–Kier alpha value is -1.09. The summed E-state index contributed by atoms with van der Waals surface area (Å²) in [4.78, 5) is 7.14. The predicted molar refractivity (Wildman–Crippen MR) is 79.4 cm³/mol. The van der Waals surface area contributed by atoms with E-state index < -0.39 is 0 Å². The normalized spacial score (nSPS) is 26.5. The summed E-state index contributed by atoms with van der Waals surface area (Å²) in [6.07, 6.45) is 9.09. The van der Waals surface area contributed by atoms with Crippen LogP contribution in [-0.4, -0.2) is 24.6 Å². The lowest BCUT2D eigenvalue weighted by Crippen LogP contribution is -2.35. The molecule has 3 rings (SSSR count). The molecule has 0 radical (unpaired) electrons. The number of aromatic nitrogens is 1. The third kappa shape index (κ3) is 2.48. The average molecular weight is 259 g/mol. The van der Waals surface area contributed by atoms with E-state index in [1.54, 1.807) is 0 Å². The van der Waals surface area contributed by atoms with Crippen molar-refractivity contribution in [2.45, 2.75) is 51.6 Å². The van der Waals surface area contributed by atoms with Crippen LogP contribution >= 0.6 is 0 Å². The Morgan fingerprint density at radius 2 is 2.16 bits per heavy atom. The third-order valence-corrected chi connectivity index (χ3v) is 4.79. The second kappa shape index (κ2) is 5.49. The molecule has 1 aliphatic heterocycles. The standard InChI is InChI=1S/C16H25N3/c1-12-9-16(14(10-17-2)11-18-12)19-8-7-13-5-3-4-6-15(13)19/h9,11,13,15,17H,3-8,10H2,1-2H3. The fraction of sp³-hybridized carbons (Fsp3) is 0.688. The van der Waals surface area contributed by atoms with Gasteiger partial charge < -0.3 is 10.2 Å². The van der Waals surface area contributed by atoms with Crippen LogP contribution < -0.4 is 10.2 Å². The van der Waals surface area contributed by atoms with Gasteiger partial charge in [0.15, 0.2) is 0 Å². The minimum absolute atomic E-state index is 0.783. The van der Waals surface area contributed by atoms with Gasteiger partial charge in [0.25, 0.3) is 0 Å². The molecule has 3 heteroatoms. The van der Waals surface area contributed by atoms with Crippen molar-refractivity contribution in [1.82, 2.24) is 10.3 Å². The van der Waals surface area contributed by atoms with Crippen LogP contribution in [0.2, 0.25) is 0 Å². The first kappa shape index (κ1) is 12.9. The van der Waals surface area contributed by atoms with E-state index in [4.69, 9.17) is 0 Å². The zero-order chi connectivity index (χ0) is 13.2. The van der Waals surface area contributed by atoms with Crippen LogP contribution in [0.5, 0.6) is 0 Å². The molecule has 0 aromatic carbocycles. The van der Waals surface area contributed by atoms with Gasteiger partial charge in [-0.1, -0.05) is 12.8 Å². The van der Waals surface area contributed by atoms with Crippen LogP contribution in [0, 0.1) is 12.8 Å². The Labute approximate surface area is 116 Å². The number of aryl methyl sites for hydroxylation is 1. The quantitative estimate of drug-likeness (QED) is 0.904. The largest absolute Gasteiger partial charge is 0.368 e. The molecule has 1 aromatic heterocycles. The minimum atomic E-state index is 0.783. The highest BCUT2D eigenvalue weighted by Gasteiger charge is 2.36. The molecule has 3 nitrogen and oxygen atoms in total. The van der Waals surface area contributed by atoms with Crippen molar-refractivity contribution in [3.63, 3.8) is 0 Å². The number of anilines is 1. The second-order valence-electron chi connectivity index (χ2n) is 6.08. The molecule has 19 heavy (non-hydrogen) atoms. The van der Waals surface area contributed by atoms with Gasteiger partial charge in [0.2, 0.25) is 0 Å². The van der Waals surface area contributed by atoms with Crippen LogP contribution in [0.15, 0.2) is 12.3 Å². The van der Waals surface area contributed by atoms with E-state index in [0.29, 0.717) is 0 Å². The van der Waals surface area contributed by atoms with Crippen molar-refractivity contribution >= 4 is 5.69 Å². The van der Waals surface area contributed by atoms with E-state index in [-0.39, 0.29) is 0 Å². The fourth-order valence-corrected chi connectivity index (χ4v) is 3.87. The summed E-state index contributed by atoms with van der Waals surface area (Å²) < 4.78 is 0. The first-order chi connectivity index (χ1) is 9.29. The maximum absolute atomic E-state index is 4.47. The van der Waals surface area contributed by atoms with Gasteiger partial charge >= 0.3 is 0 Å². The molecular weight excluding hydrogens is 234 g/mol. The van der Waals surface area contributed by atoms with Gasteiger partial charge in [-0.15, -0.1) is 0 Å². The van der Waals surface area contributed by atoms with Crippen LogP contribution in [-0.2, 0) is 6.54 Å². The maximum Gasteiger partial charge on any atom is 0.0448 e. The highest BCUT2D eigenvalue weighted by atomic mass is 15.2.